The molecule has 5 heteroatoms. The molecule has 0 aliphatic carbocycles. The summed E-state index contributed by atoms with van der Waals surface area (Å²) in [5, 5.41) is 8.97. The molecule has 1 aromatic heterocycles. The summed E-state index contributed by atoms with van der Waals surface area (Å²) in [6.45, 7) is 4.01. The molecular weight excluding hydrogens is 280 g/mol. The lowest BCUT2D eigenvalue weighted by Crippen LogP contribution is -2.38. The second kappa shape index (κ2) is 6.93. The van der Waals surface area contributed by atoms with E-state index in [1.54, 1.807) is 6.07 Å². The quantitative estimate of drug-likeness (QED) is 0.861. The molecular formula is C17H20N2O3. The van der Waals surface area contributed by atoms with Crippen LogP contribution in [0.3, 0.4) is 0 Å². The largest absolute Gasteiger partial charge is 0.480 e. The molecule has 2 N–H and O–H groups in total. The van der Waals surface area contributed by atoms with Gasteiger partial charge in [-0.25, -0.2) is 0 Å². The van der Waals surface area contributed by atoms with Crippen LogP contribution in [0.15, 0.2) is 42.5 Å². The van der Waals surface area contributed by atoms with Gasteiger partial charge in [-0.3, -0.25) is 9.59 Å². The molecule has 2 aromatic rings. The maximum absolute atomic E-state index is 12.5. The van der Waals surface area contributed by atoms with E-state index in [-0.39, 0.29) is 18.4 Å². The van der Waals surface area contributed by atoms with E-state index in [1.165, 1.54) is 4.90 Å². The normalized spacial score (nSPS) is 10.7. The van der Waals surface area contributed by atoms with Gasteiger partial charge in [-0.05, 0) is 23.6 Å². The van der Waals surface area contributed by atoms with Gasteiger partial charge in [-0.1, -0.05) is 44.2 Å². The van der Waals surface area contributed by atoms with Gasteiger partial charge in [0, 0.05) is 12.2 Å². The molecule has 0 aliphatic heterocycles. The second-order valence-electron chi connectivity index (χ2n) is 5.62. The zero-order valence-electron chi connectivity index (χ0n) is 12.7. The van der Waals surface area contributed by atoms with Crippen molar-refractivity contribution in [3.63, 3.8) is 0 Å². The molecule has 1 heterocycles. The first-order valence-electron chi connectivity index (χ1n) is 7.23. The van der Waals surface area contributed by atoms with Crippen molar-refractivity contribution in [3.8, 4) is 11.3 Å². The van der Waals surface area contributed by atoms with Gasteiger partial charge in [0.1, 0.15) is 12.2 Å². The molecule has 0 atom stereocenters. The van der Waals surface area contributed by atoms with E-state index < -0.39 is 5.97 Å². The summed E-state index contributed by atoms with van der Waals surface area (Å²) in [4.78, 5) is 27.9. The minimum Gasteiger partial charge on any atom is -0.480 e. The van der Waals surface area contributed by atoms with Gasteiger partial charge in [-0.15, -0.1) is 0 Å². The fourth-order valence-electron chi connectivity index (χ4n) is 2.30. The van der Waals surface area contributed by atoms with E-state index in [2.05, 4.69) is 4.98 Å². The van der Waals surface area contributed by atoms with Gasteiger partial charge in [-0.2, -0.15) is 0 Å². The third-order valence-electron chi connectivity index (χ3n) is 3.20. The van der Waals surface area contributed by atoms with Crippen LogP contribution in [0.1, 0.15) is 24.3 Å². The first-order chi connectivity index (χ1) is 10.5. The lowest BCUT2D eigenvalue weighted by Gasteiger charge is -2.22. The Bertz CT molecular complexity index is 647. The smallest absolute Gasteiger partial charge is 0.323 e. The van der Waals surface area contributed by atoms with Crippen LogP contribution < -0.4 is 0 Å². The van der Waals surface area contributed by atoms with E-state index in [0.717, 1.165) is 11.3 Å². The Balaban J connectivity index is 2.20. The number of carboxylic acid groups (broad SMARTS) is 1. The molecule has 22 heavy (non-hydrogen) atoms. The number of carbonyl (C=O) groups is 2. The predicted octanol–water partition coefficient (Wildman–Crippen LogP) is 2.86. The number of carbonyl (C=O) groups excluding carboxylic acids is 1. The number of carboxylic acids is 1. The third kappa shape index (κ3) is 3.97. The summed E-state index contributed by atoms with van der Waals surface area (Å²) in [5.41, 5.74) is 2.22. The number of aliphatic carboxylic acids is 1. The fourth-order valence-corrected chi connectivity index (χ4v) is 2.30. The molecule has 1 aromatic carbocycles. The van der Waals surface area contributed by atoms with Gasteiger partial charge in [0.05, 0.1) is 0 Å². The van der Waals surface area contributed by atoms with Crippen LogP contribution in [-0.2, 0) is 4.79 Å². The molecule has 0 spiro atoms. The summed E-state index contributed by atoms with van der Waals surface area (Å²) in [6, 6.07) is 13.2. The number of nitrogens with zero attached hydrogens (tertiary/aromatic N) is 1. The van der Waals surface area contributed by atoms with E-state index in [0.29, 0.717) is 12.2 Å². The first kappa shape index (κ1) is 15.8. The predicted molar refractivity (Wildman–Crippen MR) is 84.6 cm³/mol. The SMILES string of the molecule is CC(C)CN(CC(=O)O)C(=O)c1ccc(-c2ccccc2)[nH]1. The van der Waals surface area contributed by atoms with Crippen LogP contribution in [-0.4, -0.2) is 40.0 Å². The van der Waals surface area contributed by atoms with Crippen molar-refractivity contribution in [1.82, 2.24) is 9.88 Å². The fraction of sp³-hybridized carbons (Fsp3) is 0.294. The summed E-state index contributed by atoms with van der Waals surface area (Å²) < 4.78 is 0. The Morgan fingerprint density at radius 3 is 2.41 bits per heavy atom. The van der Waals surface area contributed by atoms with Crippen molar-refractivity contribution in [2.45, 2.75) is 13.8 Å². The number of aromatic amines is 1. The lowest BCUT2D eigenvalue weighted by molar-refractivity contribution is -0.137. The van der Waals surface area contributed by atoms with Crippen LogP contribution in [0.25, 0.3) is 11.3 Å². The molecule has 1 amide bonds. The molecule has 0 saturated carbocycles. The number of amides is 1. The van der Waals surface area contributed by atoms with Crippen LogP contribution in [0, 0.1) is 5.92 Å². The van der Waals surface area contributed by atoms with Crippen molar-refractivity contribution in [2.75, 3.05) is 13.1 Å². The van der Waals surface area contributed by atoms with Crippen LogP contribution in [0.5, 0.6) is 0 Å². The van der Waals surface area contributed by atoms with Gasteiger partial charge < -0.3 is 15.0 Å². The van der Waals surface area contributed by atoms with Crippen molar-refractivity contribution in [3.05, 3.63) is 48.2 Å². The van der Waals surface area contributed by atoms with E-state index in [4.69, 9.17) is 5.11 Å². The van der Waals surface area contributed by atoms with Gasteiger partial charge in [0.25, 0.3) is 5.91 Å². The molecule has 0 aliphatic rings. The Morgan fingerprint density at radius 2 is 1.82 bits per heavy atom. The number of benzene rings is 1. The Hall–Kier alpha value is -2.56. The maximum Gasteiger partial charge on any atom is 0.323 e. The molecule has 0 radical (unpaired) electrons. The van der Waals surface area contributed by atoms with Crippen molar-refractivity contribution in [2.24, 2.45) is 5.92 Å². The standard InChI is InChI=1S/C17H20N2O3/c1-12(2)10-19(11-16(20)21)17(22)15-9-8-14(18-15)13-6-4-3-5-7-13/h3-9,12,18H,10-11H2,1-2H3,(H,20,21). The highest BCUT2D eigenvalue weighted by Crippen LogP contribution is 2.19. The monoisotopic (exact) mass is 300 g/mol. The average molecular weight is 300 g/mol. The molecule has 0 unspecified atom stereocenters. The molecule has 0 fully saturated rings. The van der Waals surface area contributed by atoms with Crippen molar-refractivity contribution >= 4 is 11.9 Å². The van der Waals surface area contributed by atoms with Gasteiger partial charge in [0.2, 0.25) is 0 Å². The highest BCUT2D eigenvalue weighted by atomic mass is 16.4. The number of hydrogen-bond acceptors (Lipinski definition) is 2. The Morgan fingerprint density at radius 1 is 1.14 bits per heavy atom. The average Bonchev–Trinajstić information content (AvgIpc) is 2.95. The number of nitrogens with one attached hydrogen (secondary N) is 1. The van der Waals surface area contributed by atoms with Crippen molar-refractivity contribution < 1.29 is 14.7 Å². The molecule has 2 rings (SSSR count). The topological polar surface area (TPSA) is 73.4 Å². The summed E-state index contributed by atoms with van der Waals surface area (Å²) >= 11 is 0. The van der Waals surface area contributed by atoms with E-state index in [9.17, 15) is 9.59 Å². The molecule has 0 bridgehead atoms. The minimum atomic E-state index is -1.01. The zero-order chi connectivity index (χ0) is 16.1. The van der Waals surface area contributed by atoms with E-state index in [1.807, 2.05) is 50.2 Å². The summed E-state index contributed by atoms with van der Waals surface area (Å²) in [7, 11) is 0. The number of rotatable bonds is 6. The number of hydrogen-bond donors (Lipinski definition) is 2. The Labute approximate surface area is 129 Å². The van der Waals surface area contributed by atoms with Crippen LogP contribution in [0.4, 0.5) is 0 Å². The van der Waals surface area contributed by atoms with Crippen molar-refractivity contribution in [1.29, 1.82) is 0 Å². The maximum atomic E-state index is 12.5. The van der Waals surface area contributed by atoms with Crippen LogP contribution >= 0.6 is 0 Å². The second-order valence-corrected chi connectivity index (χ2v) is 5.62. The molecule has 5 nitrogen and oxygen atoms in total. The van der Waals surface area contributed by atoms with Crippen LogP contribution in [0.2, 0.25) is 0 Å². The number of H-pyrrole nitrogens is 1. The van der Waals surface area contributed by atoms with Gasteiger partial charge in [0.15, 0.2) is 0 Å². The highest BCUT2D eigenvalue weighted by Gasteiger charge is 2.20. The molecule has 0 saturated heterocycles. The highest BCUT2D eigenvalue weighted by molar-refractivity contribution is 5.95. The lowest BCUT2D eigenvalue weighted by atomic mass is 10.2. The summed E-state index contributed by atoms with van der Waals surface area (Å²) in [6.07, 6.45) is 0. The Kier molecular flexibility index (Phi) is 4.99. The number of aromatic nitrogens is 1. The minimum absolute atomic E-state index is 0.201. The van der Waals surface area contributed by atoms with Gasteiger partial charge >= 0.3 is 5.97 Å². The first-order valence-corrected chi connectivity index (χ1v) is 7.23. The summed E-state index contributed by atoms with van der Waals surface area (Å²) in [5.74, 6) is -1.10. The zero-order valence-corrected chi connectivity index (χ0v) is 12.7. The third-order valence-corrected chi connectivity index (χ3v) is 3.20. The molecule has 116 valence electrons. The van der Waals surface area contributed by atoms with E-state index >= 15 is 0 Å².